The van der Waals surface area contributed by atoms with Crippen LogP contribution in [0, 0.1) is 0 Å². The van der Waals surface area contributed by atoms with Crippen molar-refractivity contribution in [2.24, 2.45) is 0 Å². The maximum absolute atomic E-state index is 4.03. The molecule has 0 amide bonds. The van der Waals surface area contributed by atoms with E-state index in [1.54, 1.807) is 0 Å². The number of fused-ring (bicyclic) bond motifs is 3. The molecule has 0 bridgehead atoms. The van der Waals surface area contributed by atoms with Gasteiger partial charge in [-0.15, -0.1) is 6.58 Å². The highest BCUT2D eigenvalue weighted by atomic mass is 15.0. The normalized spacial score (nSPS) is 19.3. The van der Waals surface area contributed by atoms with Crippen molar-refractivity contribution in [3.05, 3.63) is 96.6 Å². The Balaban J connectivity index is 1.93. The number of rotatable bonds is 4. The minimum atomic E-state index is -0.0683. The van der Waals surface area contributed by atoms with Crippen LogP contribution >= 0.6 is 0 Å². The molecule has 0 saturated heterocycles. The minimum Gasteiger partial charge on any atom is -0.197 e. The van der Waals surface area contributed by atoms with Crippen molar-refractivity contribution in [1.29, 1.82) is 0 Å². The first-order chi connectivity index (χ1) is 12.6. The van der Waals surface area contributed by atoms with Crippen LogP contribution in [0.2, 0.25) is 0 Å². The largest absolute Gasteiger partial charge is 0.217 e. The predicted molar refractivity (Wildman–Crippen MR) is 112 cm³/mol. The first kappa shape index (κ1) is 16.5. The molecule has 3 aromatic rings. The molecule has 0 saturated carbocycles. The molecular formula is C25H24N+. The molecule has 3 aromatic carbocycles. The van der Waals surface area contributed by atoms with Crippen LogP contribution in [0.15, 0.2) is 85.5 Å². The SMILES string of the molecule is C=CCC1(C)C(/C=C/c2ccccc2)=[N+](C)c2c1ccc1ccccc21. The van der Waals surface area contributed by atoms with E-state index in [1.807, 2.05) is 6.08 Å². The quantitative estimate of drug-likeness (QED) is 0.398. The summed E-state index contributed by atoms with van der Waals surface area (Å²) in [4.78, 5) is 0. The van der Waals surface area contributed by atoms with Gasteiger partial charge in [0.25, 0.3) is 0 Å². The van der Waals surface area contributed by atoms with Crippen molar-refractivity contribution in [2.75, 3.05) is 7.05 Å². The second-order valence-electron chi connectivity index (χ2n) is 7.20. The summed E-state index contributed by atoms with van der Waals surface area (Å²) in [6.07, 6.45) is 7.43. The molecule has 1 aliphatic heterocycles. The molecule has 4 rings (SSSR count). The Morgan fingerprint density at radius 1 is 0.923 bits per heavy atom. The van der Waals surface area contributed by atoms with Crippen LogP contribution in [0.4, 0.5) is 5.69 Å². The molecule has 1 heteroatoms. The molecule has 1 aliphatic rings. The molecule has 0 aliphatic carbocycles. The first-order valence-electron chi connectivity index (χ1n) is 9.12. The Labute approximate surface area is 155 Å². The molecule has 0 N–H and O–H groups in total. The minimum absolute atomic E-state index is 0.0683. The molecule has 0 fully saturated rings. The summed E-state index contributed by atoms with van der Waals surface area (Å²) in [5, 5.41) is 2.60. The lowest BCUT2D eigenvalue weighted by Crippen LogP contribution is -2.29. The number of benzene rings is 3. The summed E-state index contributed by atoms with van der Waals surface area (Å²) < 4.78 is 2.36. The molecule has 1 heterocycles. The van der Waals surface area contributed by atoms with Crippen molar-refractivity contribution >= 4 is 28.2 Å². The lowest BCUT2D eigenvalue weighted by Gasteiger charge is -2.20. The van der Waals surface area contributed by atoms with Gasteiger partial charge in [-0.25, -0.2) is 0 Å². The summed E-state index contributed by atoms with van der Waals surface area (Å²) in [6, 6.07) is 23.7. The molecule has 128 valence electrons. The van der Waals surface area contributed by atoms with Crippen LogP contribution in [0.5, 0.6) is 0 Å². The van der Waals surface area contributed by atoms with Crippen molar-refractivity contribution in [3.8, 4) is 0 Å². The van der Waals surface area contributed by atoms with Crippen molar-refractivity contribution in [3.63, 3.8) is 0 Å². The van der Waals surface area contributed by atoms with E-state index in [1.165, 1.54) is 33.3 Å². The zero-order valence-corrected chi connectivity index (χ0v) is 15.4. The Bertz CT molecular complexity index is 1040. The van der Waals surface area contributed by atoms with Gasteiger partial charge in [-0.05, 0) is 36.4 Å². The molecule has 1 atom stereocenters. The van der Waals surface area contributed by atoms with Crippen LogP contribution < -0.4 is 0 Å². The van der Waals surface area contributed by atoms with Gasteiger partial charge in [-0.1, -0.05) is 66.7 Å². The summed E-state index contributed by atoms with van der Waals surface area (Å²) >= 11 is 0. The van der Waals surface area contributed by atoms with Crippen LogP contribution in [-0.2, 0) is 5.41 Å². The second kappa shape index (κ2) is 6.42. The van der Waals surface area contributed by atoms with Crippen LogP contribution in [-0.4, -0.2) is 17.3 Å². The number of hydrogen-bond acceptors (Lipinski definition) is 0. The fourth-order valence-corrected chi connectivity index (χ4v) is 4.23. The third kappa shape index (κ3) is 2.52. The number of hydrogen-bond donors (Lipinski definition) is 0. The molecule has 0 spiro atoms. The fourth-order valence-electron chi connectivity index (χ4n) is 4.23. The van der Waals surface area contributed by atoms with Crippen molar-refractivity contribution < 1.29 is 4.58 Å². The predicted octanol–water partition coefficient (Wildman–Crippen LogP) is 6.12. The monoisotopic (exact) mass is 338 g/mol. The Morgan fingerprint density at radius 2 is 1.65 bits per heavy atom. The van der Waals surface area contributed by atoms with Gasteiger partial charge in [0, 0.05) is 11.6 Å². The van der Waals surface area contributed by atoms with E-state index in [0.29, 0.717) is 0 Å². The average molecular weight is 338 g/mol. The highest BCUT2D eigenvalue weighted by Gasteiger charge is 2.46. The van der Waals surface area contributed by atoms with E-state index in [4.69, 9.17) is 0 Å². The van der Waals surface area contributed by atoms with Gasteiger partial charge in [0.05, 0.1) is 10.8 Å². The van der Waals surface area contributed by atoms with E-state index < -0.39 is 0 Å². The third-order valence-electron chi connectivity index (χ3n) is 5.54. The maximum Gasteiger partial charge on any atom is 0.217 e. The molecule has 0 aromatic heterocycles. The van der Waals surface area contributed by atoms with Crippen molar-refractivity contribution in [1.82, 2.24) is 0 Å². The Morgan fingerprint density at radius 3 is 2.42 bits per heavy atom. The molecule has 1 nitrogen and oxygen atoms in total. The van der Waals surface area contributed by atoms with Gasteiger partial charge in [0.2, 0.25) is 5.69 Å². The summed E-state index contributed by atoms with van der Waals surface area (Å²) in [5.74, 6) is 0. The van der Waals surface area contributed by atoms with Crippen LogP contribution in [0.1, 0.15) is 24.5 Å². The molecule has 26 heavy (non-hydrogen) atoms. The smallest absolute Gasteiger partial charge is 0.197 e. The standard InChI is InChI=1S/C25H24N/c1-4-18-25(2)22-16-15-20-12-8-9-13-21(20)24(22)26(3)23(25)17-14-19-10-6-5-7-11-19/h4-17H,1,18H2,2-3H3/q+1/b17-14+. The van der Waals surface area contributed by atoms with E-state index >= 15 is 0 Å². The van der Waals surface area contributed by atoms with E-state index in [0.717, 1.165) is 6.42 Å². The van der Waals surface area contributed by atoms with E-state index in [9.17, 15) is 0 Å². The highest BCUT2D eigenvalue weighted by molar-refractivity contribution is 6.09. The van der Waals surface area contributed by atoms with Crippen LogP contribution in [0.3, 0.4) is 0 Å². The molecule has 1 unspecified atom stereocenters. The molecular weight excluding hydrogens is 314 g/mol. The van der Waals surface area contributed by atoms with Gasteiger partial charge in [-0.2, -0.15) is 4.58 Å². The summed E-state index contributed by atoms with van der Waals surface area (Å²) in [5.41, 5.74) is 5.16. The zero-order valence-electron chi connectivity index (χ0n) is 15.4. The van der Waals surface area contributed by atoms with Crippen LogP contribution in [0.25, 0.3) is 16.8 Å². The lowest BCUT2D eigenvalue weighted by molar-refractivity contribution is -0.399. The summed E-state index contributed by atoms with van der Waals surface area (Å²) in [6.45, 7) is 6.36. The third-order valence-corrected chi connectivity index (χ3v) is 5.54. The van der Waals surface area contributed by atoms with Gasteiger partial charge < -0.3 is 0 Å². The van der Waals surface area contributed by atoms with Gasteiger partial charge >= 0.3 is 0 Å². The number of nitrogens with zero attached hydrogens (tertiary/aromatic N) is 1. The van der Waals surface area contributed by atoms with E-state index in [-0.39, 0.29) is 5.41 Å². The number of allylic oxidation sites excluding steroid dienone is 2. The molecule has 0 radical (unpaired) electrons. The van der Waals surface area contributed by atoms with E-state index in [2.05, 4.69) is 104 Å². The van der Waals surface area contributed by atoms with Gasteiger partial charge in [0.1, 0.15) is 7.05 Å². The van der Waals surface area contributed by atoms with Gasteiger partial charge in [0.15, 0.2) is 5.71 Å². The Kier molecular flexibility index (Phi) is 4.08. The maximum atomic E-state index is 4.03. The lowest BCUT2D eigenvalue weighted by atomic mass is 9.76. The van der Waals surface area contributed by atoms with Gasteiger partial charge in [-0.3, -0.25) is 0 Å². The Hall–Kier alpha value is -2.93. The zero-order chi connectivity index (χ0) is 18.1. The average Bonchev–Trinajstić information content (AvgIpc) is 2.88. The van der Waals surface area contributed by atoms with Crippen molar-refractivity contribution in [2.45, 2.75) is 18.8 Å². The topological polar surface area (TPSA) is 3.01 Å². The fraction of sp³-hybridized carbons (Fsp3) is 0.160. The second-order valence-corrected chi connectivity index (χ2v) is 7.20. The summed E-state index contributed by atoms with van der Waals surface area (Å²) in [7, 11) is 2.18. The highest BCUT2D eigenvalue weighted by Crippen LogP contribution is 2.45. The first-order valence-corrected chi connectivity index (χ1v) is 9.12.